The highest BCUT2D eigenvalue weighted by Gasteiger charge is 2.37. The van der Waals surface area contributed by atoms with E-state index in [4.69, 9.17) is 10.2 Å². The van der Waals surface area contributed by atoms with Crippen molar-refractivity contribution in [3.05, 3.63) is 0 Å². The van der Waals surface area contributed by atoms with Gasteiger partial charge in [-0.05, 0) is 12.8 Å². The molecule has 0 aromatic rings. The van der Waals surface area contributed by atoms with Gasteiger partial charge in [0.2, 0.25) is 0 Å². The summed E-state index contributed by atoms with van der Waals surface area (Å²) in [4.78, 5) is 21.1. The molecule has 0 bridgehead atoms. The normalized spacial score (nSPS) is 14.5. The molecule has 0 saturated carbocycles. The molecule has 0 heterocycles. The van der Waals surface area contributed by atoms with Crippen molar-refractivity contribution in [2.75, 3.05) is 0 Å². The van der Waals surface area contributed by atoms with Crippen LogP contribution >= 0.6 is 0 Å². The smallest absolute Gasteiger partial charge is 0.336 e. The highest BCUT2D eigenvalue weighted by atomic mass is 16.4. The van der Waals surface area contributed by atoms with Crippen molar-refractivity contribution in [2.24, 2.45) is 0 Å². The first-order chi connectivity index (χ1) is 6.92. The third-order valence-corrected chi connectivity index (χ3v) is 2.29. The lowest BCUT2D eigenvalue weighted by Gasteiger charge is -2.21. The van der Waals surface area contributed by atoms with Crippen LogP contribution in [0.5, 0.6) is 0 Å². The van der Waals surface area contributed by atoms with E-state index in [9.17, 15) is 14.7 Å². The molecule has 0 aliphatic rings. The Morgan fingerprint density at radius 2 is 1.73 bits per heavy atom. The number of aliphatic carboxylic acids is 2. The van der Waals surface area contributed by atoms with Crippen LogP contribution in [0.1, 0.15) is 45.4 Å². The monoisotopic (exact) mass is 218 g/mol. The van der Waals surface area contributed by atoms with Crippen LogP contribution < -0.4 is 0 Å². The zero-order valence-corrected chi connectivity index (χ0v) is 8.90. The Balaban J connectivity index is 4.14. The highest BCUT2D eigenvalue weighted by Crippen LogP contribution is 2.20. The van der Waals surface area contributed by atoms with Gasteiger partial charge in [-0.25, -0.2) is 4.79 Å². The molecule has 0 spiro atoms. The summed E-state index contributed by atoms with van der Waals surface area (Å²) < 4.78 is 0. The average molecular weight is 218 g/mol. The van der Waals surface area contributed by atoms with Gasteiger partial charge in [-0.1, -0.05) is 26.2 Å². The largest absolute Gasteiger partial charge is 0.481 e. The minimum absolute atomic E-state index is 0.00532. The molecule has 0 radical (unpaired) electrons. The molecule has 1 unspecified atom stereocenters. The average Bonchev–Trinajstić information content (AvgIpc) is 2.11. The summed E-state index contributed by atoms with van der Waals surface area (Å²) in [5.74, 6) is -2.75. The Morgan fingerprint density at radius 3 is 2.13 bits per heavy atom. The number of hydrogen-bond acceptors (Lipinski definition) is 3. The van der Waals surface area contributed by atoms with Gasteiger partial charge in [0, 0.05) is 0 Å². The second-order valence-electron chi connectivity index (χ2n) is 3.72. The zero-order valence-electron chi connectivity index (χ0n) is 8.90. The predicted molar refractivity (Wildman–Crippen MR) is 53.6 cm³/mol. The summed E-state index contributed by atoms with van der Waals surface area (Å²) in [6.07, 6.45) is 2.56. The van der Waals surface area contributed by atoms with E-state index in [0.717, 1.165) is 19.3 Å². The lowest BCUT2D eigenvalue weighted by molar-refractivity contribution is -0.166. The van der Waals surface area contributed by atoms with Gasteiger partial charge in [0.25, 0.3) is 0 Å². The number of unbranched alkanes of at least 4 members (excludes halogenated alkanes) is 3. The van der Waals surface area contributed by atoms with Gasteiger partial charge in [0.05, 0.1) is 6.42 Å². The van der Waals surface area contributed by atoms with E-state index in [0.29, 0.717) is 6.42 Å². The van der Waals surface area contributed by atoms with Crippen LogP contribution in [0.25, 0.3) is 0 Å². The second-order valence-corrected chi connectivity index (χ2v) is 3.72. The van der Waals surface area contributed by atoms with Crippen LogP contribution in [-0.4, -0.2) is 32.9 Å². The topological polar surface area (TPSA) is 94.8 Å². The molecular formula is C10H18O5. The third kappa shape index (κ3) is 5.37. The van der Waals surface area contributed by atoms with Crippen molar-refractivity contribution in [1.29, 1.82) is 0 Å². The van der Waals surface area contributed by atoms with E-state index in [1.807, 2.05) is 6.92 Å². The molecule has 0 amide bonds. The molecule has 0 rings (SSSR count). The Hall–Kier alpha value is -1.10. The van der Waals surface area contributed by atoms with Crippen molar-refractivity contribution in [1.82, 2.24) is 0 Å². The van der Waals surface area contributed by atoms with Crippen molar-refractivity contribution in [3.8, 4) is 0 Å². The van der Waals surface area contributed by atoms with E-state index in [1.54, 1.807) is 0 Å². The standard InChI is InChI=1S/C10H18O5/c1-2-3-4-5-6-10(15,9(13)14)7-8(11)12/h15H,2-7H2,1H3,(H,11,12)(H,13,14). The first-order valence-corrected chi connectivity index (χ1v) is 5.10. The lowest BCUT2D eigenvalue weighted by Crippen LogP contribution is -2.40. The van der Waals surface area contributed by atoms with Crippen molar-refractivity contribution >= 4 is 11.9 Å². The molecule has 0 fully saturated rings. The maximum Gasteiger partial charge on any atom is 0.336 e. The van der Waals surface area contributed by atoms with Gasteiger partial charge < -0.3 is 15.3 Å². The van der Waals surface area contributed by atoms with E-state index >= 15 is 0 Å². The highest BCUT2D eigenvalue weighted by molar-refractivity contribution is 5.83. The summed E-state index contributed by atoms with van der Waals surface area (Å²) in [5.41, 5.74) is -2.11. The third-order valence-electron chi connectivity index (χ3n) is 2.29. The fraction of sp³-hybridized carbons (Fsp3) is 0.800. The Kier molecular flexibility index (Phi) is 5.93. The minimum Gasteiger partial charge on any atom is -0.481 e. The molecule has 5 heteroatoms. The van der Waals surface area contributed by atoms with Crippen molar-refractivity contribution in [3.63, 3.8) is 0 Å². The van der Waals surface area contributed by atoms with E-state index in [-0.39, 0.29) is 6.42 Å². The molecule has 0 saturated heterocycles. The van der Waals surface area contributed by atoms with Crippen LogP contribution in [0.4, 0.5) is 0 Å². The summed E-state index contributed by atoms with van der Waals surface area (Å²) in [7, 11) is 0. The minimum atomic E-state index is -2.11. The van der Waals surface area contributed by atoms with Gasteiger partial charge in [0.15, 0.2) is 5.60 Å². The molecule has 15 heavy (non-hydrogen) atoms. The Labute approximate surface area is 88.7 Å². The van der Waals surface area contributed by atoms with Crippen LogP contribution in [-0.2, 0) is 9.59 Å². The number of carboxylic acid groups (broad SMARTS) is 2. The van der Waals surface area contributed by atoms with Gasteiger partial charge in [-0.15, -0.1) is 0 Å². The second kappa shape index (κ2) is 6.40. The van der Waals surface area contributed by atoms with Crippen LogP contribution in [0, 0.1) is 0 Å². The van der Waals surface area contributed by atoms with Gasteiger partial charge in [-0.3, -0.25) is 4.79 Å². The molecule has 1 atom stereocenters. The van der Waals surface area contributed by atoms with E-state index in [2.05, 4.69) is 0 Å². The Bertz CT molecular complexity index is 226. The van der Waals surface area contributed by atoms with E-state index < -0.39 is 24.0 Å². The number of carboxylic acids is 2. The molecule has 0 aromatic carbocycles. The van der Waals surface area contributed by atoms with Gasteiger partial charge in [0.1, 0.15) is 0 Å². The fourth-order valence-electron chi connectivity index (χ4n) is 1.37. The molecule has 0 aliphatic heterocycles. The summed E-state index contributed by atoms with van der Waals surface area (Å²) in [5, 5.41) is 26.8. The number of aliphatic hydroxyl groups is 1. The first kappa shape index (κ1) is 13.9. The maximum atomic E-state index is 10.7. The number of carbonyl (C=O) groups is 2. The summed E-state index contributed by atoms with van der Waals surface area (Å²) in [6, 6.07) is 0. The summed E-state index contributed by atoms with van der Waals surface area (Å²) in [6.45, 7) is 2.01. The molecule has 5 nitrogen and oxygen atoms in total. The quantitative estimate of drug-likeness (QED) is 0.533. The lowest BCUT2D eigenvalue weighted by atomic mass is 9.92. The number of rotatable bonds is 8. The van der Waals surface area contributed by atoms with Crippen molar-refractivity contribution in [2.45, 2.75) is 51.0 Å². The molecule has 88 valence electrons. The Morgan fingerprint density at radius 1 is 1.13 bits per heavy atom. The van der Waals surface area contributed by atoms with Crippen LogP contribution in [0.15, 0.2) is 0 Å². The predicted octanol–water partition coefficient (Wildman–Crippen LogP) is 1.25. The van der Waals surface area contributed by atoms with Gasteiger partial charge >= 0.3 is 11.9 Å². The summed E-state index contributed by atoms with van der Waals surface area (Å²) >= 11 is 0. The van der Waals surface area contributed by atoms with Gasteiger partial charge in [-0.2, -0.15) is 0 Å². The molecular weight excluding hydrogens is 200 g/mol. The van der Waals surface area contributed by atoms with Crippen molar-refractivity contribution < 1.29 is 24.9 Å². The molecule has 0 aliphatic carbocycles. The maximum absolute atomic E-state index is 10.7. The van der Waals surface area contributed by atoms with Crippen LogP contribution in [0.2, 0.25) is 0 Å². The van der Waals surface area contributed by atoms with E-state index in [1.165, 1.54) is 0 Å². The van der Waals surface area contributed by atoms with Crippen LogP contribution in [0.3, 0.4) is 0 Å². The zero-order chi connectivity index (χ0) is 11.9. The number of hydrogen-bond donors (Lipinski definition) is 3. The first-order valence-electron chi connectivity index (χ1n) is 5.10. The molecule has 0 aromatic heterocycles. The fourth-order valence-corrected chi connectivity index (χ4v) is 1.37. The SMILES string of the molecule is CCCCCCC(O)(CC(=O)O)C(=O)O. The molecule has 3 N–H and O–H groups in total.